The maximum atomic E-state index is 15.4. The Morgan fingerprint density at radius 1 is 1.32 bits per heavy atom. The lowest BCUT2D eigenvalue weighted by atomic mass is 9.46. The molecule has 0 aromatic rings. The van der Waals surface area contributed by atoms with Gasteiger partial charge in [-0.05, 0) is 62.2 Å². The van der Waals surface area contributed by atoms with Gasteiger partial charge in [0.25, 0.3) is 0 Å². The summed E-state index contributed by atoms with van der Waals surface area (Å²) in [4.78, 5) is 35.9. The summed E-state index contributed by atoms with van der Waals surface area (Å²) in [5.74, 6) is -2.95. The topological polar surface area (TPSA) is 124 Å². The van der Waals surface area contributed by atoms with Gasteiger partial charge in [0.2, 0.25) is 0 Å². The number of ether oxygens (including phenoxy) is 1. The molecular formula is C23H27FO7. The Bertz CT molecular complexity index is 958. The van der Waals surface area contributed by atoms with Crippen LogP contribution in [-0.4, -0.2) is 62.4 Å². The fraction of sp³-hybridized carbons (Fsp3) is 0.696. The number of aliphatic hydroxyl groups excluding tert-OH is 1. The Morgan fingerprint density at radius 2 is 2.03 bits per heavy atom. The first-order chi connectivity index (χ1) is 14.4. The van der Waals surface area contributed by atoms with Gasteiger partial charge in [0.15, 0.2) is 11.6 Å². The lowest BCUT2D eigenvalue weighted by molar-refractivity contribution is -0.168. The molecule has 5 aliphatic rings. The first-order valence-electron chi connectivity index (χ1n) is 10.8. The molecule has 3 saturated carbocycles. The molecule has 0 aromatic heterocycles. The molecule has 4 fully saturated rings. The molecule has 1 heterocycles. The van der Waals surface area contributed by atoms with Gasteiger partial charge in [-0.25, -0.2) is 4.39 Å². The molecule has 0 bridgehead atoms. The van der Waals surface area contributed by atoms with Crippen LogP contribution >= 0.6 is 0 Å². The number of aliphatic hydroxyl groups is 2. The third kappa shape index (κ3) is 2.36. The van der Waals surface area contributed by atoms with Crippen LogP contribution < -0.4 is 0 Å². The molecule has 5 rings (SSSR count). The number of hydrogen-bond donors (Lipinski definition) is 3. The van der Waals surface area contributed by atoms with Gasteiger partial charge in [-0.3, -0.25) is 14.4 Å². The van der Waals surface area contributed by atoms with E-state index in [1.54, 1.807) is 13.0 Å². The minimum Gasteiger partial charge on any atom is -0.481 e. The van der Waals surface area contributed by atoms with Gasteiger partial charge in [0.05, 0.1) is 12.5 Å². The Kier molecular flexibility index (Phi) is 4.14. The minimum atomic E-state index is -1.90. The quantitative estimate of drug-likeness (QED) is 0.573. The van der Waals surface area contributed by atoms with Crippen molar-refractivity contribution in [1.29, 1.82) is 0 Å². The third-order valence-electron chi connectivity index (χ3n) is 9.15. The zero-order chi connectivity index (χ0) is 22.6. The number of ketones is 2. The summed E-state index contributed by atoms with van der Waals surface area (Å²) in [5.41, 5.74) is -3.89. The van der Waals surface area contributed by atoms with Gasteiger partial charge >= 0.3 is 5.97 Å². The van der Waals surface area contributed by atoms with Gasteiger partial charge in [-0.1, -0.05) is 13.0 Å². The fourth-order valence-electron chi connectivity index (χ4n) is 7.58. The number of hydrogen-bond acceptors (Lipinski definition) is 6. The number of rotatable bonds is 4. The van der Waals surface area contributed by atoms with E-state index in [0.717, 1.165) is 0 Å². The van der Waals surface area contributed by atoms with E-state index in [2.05, 4.69) is 0 Å². The van der Waals surface area contributed by atoms with E-state index < -0.39 is 52.5 Å². The van der Waals surface area contributed by atoms with Crippen LogP contribution in [0.25, 0.3) is 0 Å². The van der Waals surface area contributed by atoms with E-state index in [9.17, 15) is 24.6 Å². The molecule has 0 radical (unpaired) electrons. The first-order valence-corrected chi connectivity index (χ1v) is 10.8. The third-order valence-corrected chi connectivity index (χ3v) is 9.15. The van der Waals surface area contributed by atoms with Crippen LogP contribution in [-0.2, 0) is 19.1 Å². The molecule has 1 aliphatic heterocycles. The van der Waals surface area contributed by atoms with Crippen LogP contribution in [0, 0.1) is 22.7 Å². The molecule has 168 valence electrons. The smallest absolute Gasteiger partial charge is 0.306 e. The molecule has 8 heteroatoms. The fourth-order valence-corrected chi connectivity index (χ4v) is 7.58. The van der Waals surface area contributed by atoms with E-state index in [1.165, 1.54) is 12.2 Å². The van der Waals surface area contributed by atoms with Crippen molar-refractivity contribution in [2.45, 2.75) is 75.5 Å². The number of alkyl halides is 1. The van der Waals surface area contributed by atoms with Crippen LogP contribution in [0.1, 0.15) is 46.0 Å². The Morgan fingerprint density at radius 3 is 2.71 bits per heavy atom. The molecule has 4 aliphatic carbocycles. The molecule has 0 aromatic carbocycles. The number of carboxylic acids is 1. The highest BCUT2D eigenvalue weighted by atomic mass is 19.1. The zero-order valence-electron chi connectivity index (χ0n) is 17.5. The van der Waals surface area contributed by atoms with Crippen LogP contribution in [0.4, 0.5) is 4.39 Å². The number of epoxide rings is 1. The molecule has 7 nitrogen and oxygen atoms in total. The highest BCUT2D eigenvalue weighted by Crippen LogP contribution is 2.76. The van der Waals surface area contributed by atoms with Crippen molar-refractivity contribution in [1.82, 2.24) is 0 Å². The van der Waals surface area contributed by atoms with Crippen molar-refractivity contribution in [3.8, 4) is 0 Å². The summed E-state index contributed by atoms with van der Waals surface area (Å²) < 4.78 is 21.6. The summed E-state index contributed by atoms with van der Waals surface area (Å²) in [7, 11) is 0. The second-order valence-electron chi connectivity index (χ2n) is 10.4. The minimum absolute atomic E-state index is 0.0909. The van der Waals surface area contributed by atoms with Gasteiger partial charge in [0, 0.05) is 10.8 Å². The van der Waals surface area contributed by atoms with E-state index in [-0.39, 0.29) is 36.6 Å². The largest absolute Gasteiger partial charge is 0.481 e. The molecule has 9 atom stereocenters. The number of Topliss-reactive ketones (excluding diaryl/α,β-unsaturated/α-hetero) is 1. The maximum absolute atomic E-state index is 15.4. The van der Waals surface area contributed by atoms with Crippen LogP contribution in [0.2, 0.25) is 0 Å². The summed E-state index contributed by atoms with van der Waals surface area (Å²) in [6.07, 6.45) is 1.37. The SMILES string of the molecule is C[C@]12C=CC(=O)C=C1[C@@H](F)C[C@H]1[C@@H]3CC[C@](O)(C(=O)C(O)CC(=O)O)[C@@]3(C)C[C@@H]3O[C@@]312. The van der Waals surface area contributed by atoms with Gasteiger partial charge in [-0.15, -0.1) is 0 Å². The number of carbonyl (C=O) groups is 3. The average molecular weight is 434 g/mol. The zero-order valence-corrected chi connectivity index (χ0v) is 17.5. The van der Waals surface area contributed by atoms with E-state index in [4.69, 9.17) is 9.84 Å². The van der Waals surface area contributed by atoms with Crippen LogP contribution in [0.15, 0.2) is 23.8 Å². The van der Waals surface area contributed by atoms with Crippen LogP contribution in [0.5, 0.6) is 0 Å². The normalized spacial score (nSPS) is 50.5. The molecule has 31 heavy (non-hydrogen) atoms. The number of aliphatic carboxylic acids is 1. The standard InChI is InChI=1S/C23H27FO7/c1-20-5-3-11(25)7-14(20)15(24)8-13-12-4-6-22(30,19(29)16(26)9-18(27)28)21(12,2)10-17-23(13,20)31-17/h3,5,7,12-13,15-17,26,30H,4,6,8-10H2,1-2H3,(H,27,28)/t12-,13-,15-,16?,17-,20-,21-,22-,23+/m0/s1. The summed E-state index contributed by atoms with van der Waals surface area (Å²) in [6.45, 7) is 3.68. The summed E-state index contributed by atoms with van der Waals surface area (Å²) in [5, 5.41) is 30.6. The maximum Gasteiger partial charge on any atom is 0.306 e. The molecule has 1 spiro atoms. The predicted octanol–water partition coefficient (Wildman–Crippen LogP) is 1.51. The first kappa shape index (κ1) is 21.0. The Balaban J connectivity index is 1.53. The molecule has 1 saturated heterocycles. The number of carbonyl (C=O) groups excluding carboxylic acids is 2. The van der Waals surface area contributed by atoms with Gasteiger partial charge < -0.3 is 20.1 Å². The van der Waals surface area contributed by atoms with E-state index in [1.807, 2.05) is 6.92 Å². The Labute approximate surface area is 179 Å². The second kappa shape index (κ2) is 6.11. The van der Waals surface area contributed by atoms with Gasteiger partial charge in [-0.2, -0.15) is 0 Å². The average Bonchev–Trinajstić information content (AvgIpc) is 3.35. The van der Waals surface area contributed by atoms with Crippen molar-refractivity contribution in [3.63, 3.8) is 0 Å². The lowest BCUT2D eigenvalue weighted by Crippen LogP contribution is -2.63. The molecule has 1 unspecified atom stereocenters. The van der Waals surface area contributed by atoms with E-state index >= 15 is 4.39 Å². The predicted molar refractivity (Wildman–Crippen MR) is 105 cm³/mol. The number of fused-ring (bicyclic) bond motifs is 3. The molecule has 0 amide bonds. The highest BCUT2D eigenvalue weighted by molar-refractivity contribution is 6.01. The van der Waals surface area contributed by atoms with Crippen molar-refractivity contribution in [2.75, 3.05) is 0 Å². The van der Waals surface area contributed by atoms with Crippen molar-refractivity contribution in [2.24, 2.45) is 22.7 Å². The second-order valence-corrected chi connectivity index (χ2v) is 10.4. The van der Waals surface area contributed by atoms with Crippen molar-refractivity contribution in [3.05, 3.63) is 23.8 Å². The number of carboxylic acid groups (broad SMARTS) is 1. The summed E-state index contributed by atoms with van der Waals surface area (Å²) in [6, 6.07) is 0. The molecular weight excluding hydrogens is 407 g/mol. The van der Waals surface area contributed by atoms with Crippen molar-refractivity contribution >= 4 is 17.5 Å². The highest BCUT2D eigenvalue weighted by Gasteiger charge is 2.82. The number of halogens is 1. The van der Waals surface area contributed by atoms with E-state index in [0.29, 0.717) is 18.4 Å². The number of allylic oxidation sites excluding steroid dienone is 2. The summed E-state index contributed by atoms with van der Waals surface area (Å²) >= 11 is 0. The van der Waals surface area contributed by atoms with Gasteiger partial charge in [0.1, 0.15) is 23.5 Å². The molecule has 3 N–H and O–H groups in total. The Hall–Kier alpha value is -1.90. The monoisotopic (exact) mass is 434 g/mol. The lowest BCUT2D eigenvalue weighted by Gasteiger charge is -2.56. The van der Waals surface area contributed by atoms with Crippen molar-refractivity contribution < 1.29 is 38.8 Å². The van der Waals surface area contributed by atoms with Crippen LogP contribution in [0.3, 0.4) is 0 Å².